The lowest BCUT2D eigenvalue weighted by Gasteiger charge is -2.43. The molecule has 1 saturated carbocycles. The van der Waals surface area contributed by atoms with E-state index >= 15 is 0 Å². The molecule has 2 aliphatic heterocycles. The van der Waals surface area contributed by atoms with Crippen molar-refractivity contribution in [2.24, 2.45) is 11.8 Å². The van der Waals surface area contributed by atoms with E-state index in [0.717, 1.165) is 37.4 Å². The topological polar surface area (TPSA) is 97.0 Å². The van der Waals surface area contributed by atoms with Crippen LogP contribution in [0.15, 0.2) is 47.4 Å². The van der Waals surface area contributed by atoms with Gasteiger partial charge in [0.15, 0.2) is 0 Å². The number of halogens is 1. The molecule has 14 heteroatoms. The molecule has 5 rings (SSSR count). The Labute approximate surface area is 306 Å². The van der Waals surface area contributed by atoms with Gasteiger partial charge in [0.2, 0.25) is 10.0 Å². The summed E-state index contributed by atoms with van der Waals surface area (Å²) in [5, 5.41) is 0. The van der Waals surface area contributed by atoms with Gasteiger partial charge < -0.3 is 19.4 Å². The third-order valence-electron chi connectivity index (χ3n) is 10.7. The van der Waals surface area contributed by atoms with Gasteiger partial charge in [-0.3, -0.25) is 0 Å². The average molecular weight is 751 g/mol. The molecule has 51 heavy (non-hydrogen) atoms. The van der Waals surface area contributed by atoms with Crippen molar-refractivity contribution in [3.63, 3.8) is 0 Å². The summed E-state index contributed by atoms with van der Waals surface area (Å²) in [6.07, 6.45) is 7.64. The number of hydrogen-bond acceptors (Lipinski definition) is 8. The summed E-state index contributed by atoms with van der Waals surface area (Å²) in [5.41, 5.74) is 1.65. The van der Waals surface area contributed by atoms with E-state index in [1.807, 2.05) is 45.0 Å². The molecule has 286 valence electrons. The second-order valence-electron chi connectivity index (χ2n) is 15.0. The highest BCUT2D eigenvalue weighted by atomic mass is 32.2. The van der Waals surface area contributed by atoms with Gasteiger partial charge in [-0.1, -0.05) is 26.2 Å². The van der Waals surface area contributed by atoms with Crippen molar-refractivity contribution in [1.29, 1.82) is 0 Å². The first kappa shape index (κ1) is 39.7. The normalized spacial score (nSPS) is 23.8. The summed E-state index contributed by atoms with van der Waals surface area (Å²) in [7, 11) is -2.34. The molecule has 2 aromatic rings. The lowest BCUT2D eigenvalue weighted by molar-refractivity contribution is 0.179. The van der Waals surface area contributed by atoms with Gasteiger partial charge in [-0.05, 0) is 93.9 Å². The molecule has 0 amide bonds. The Hall–Kier alpha value is -2.49. The van der Waals surface area contributed by atoms with E-state index in [-0.39, 0.29) is 48.9 Å². The molecule has 0 spiro atoms. The monoisotopic (exact) mass is 750 g/mol. The van der Waals surface area contributed by atoms with Crippen molar-refractivity contribution in [2.75, 3.05) is 96.5 Å². The minimum absolute atomic E-state index is 0.178. The number of rotatable bonds is 9. The summed E-state index contributed by atoms with van der Waals surface area (Å²) < 4.78 is 81.3. The van der Waals surface area contributed by atoms with Gasteiger partial charge in [0.25, 0.3) is 10.2 Å². The van der Waals surface area contributed by atoms with Crippen LogP contribution in [0, 0.1) is 17.7 Å². The van der Waals surface area contributed by atoms with Crippen LogP contribution in [-0.2, 0) is 20.2 Å². The van der Waals surface area contributed by atoms with Gasteiger partial charge in [-0.25, -0.2) is 12.8 Å². The number of methoxy groups -OCH3 is 1. The molecule has 3 aliphatic rings. The molecule has 0 aromatic heterocycles. The smallest absolute Gasteiger partial charge is 0.282 e. The fourth-order valence-corrected chi connectivity index (χ4v) is 11.4. The summed E-state index contributed by atoms with van der Waals surface area (Å²) in [4.78, 5) is 6.70. The summed E-state index contributed by atoms with van der Waals surface area (Å²) in [5.74, 6) is 0.412. The average Bonchev–Trinajstić information content (AvgIpc) is 3.10. The minimum atomic E-state index is -3.87. The van der Waals surface area contributed by atoms with Gasteiger partial charge in [0.05, 0.1) is 17.7 Å². The number of anilines is 2. The van der Waals surface area contributed by atoms with Crippen LogP contribution in [0.1, 0.15) is 58.8 Å². The highest BCUT2D eigenvalue weighted by Gasteiger charge is 2.37. The fraction of sp³-hybridized carbons (Fsp3) is 0.676. The standard InChI is InChI=1S/C37H59FN6O5S2/c1-30-26-41(50(45,46)35-16-14-34(15-17-35)39(3)4)21-9-19-40(29-32-11-7-6-8-12-32)20-10-22-42(27-30)51(47,48)43-23-24-44(31(2)28-43)36-18-13-33(38)25-37(36)49-5/h13-18,25,30-32H,6-12,19-24,26-29H2,1-5H3/t30-,31+/m0/s1. The molecule has 1 aliphatic carbocycles. The number of sulfonamides is 1. The Morgan fingerprint density at radius 3 is 2.02 bits per heavy atom. The molecule has 3 fully saturated rings. The van der Waals surface area contributed by atoms with Crippen LogP contribution in [0.5, 0.6) is 5.75 Å². The van der Waals surface area contributed by atoms with Crippen molar-refractivity contribution >= 4 is 31.6 Å². The van der Waals surface area contributed by atoms with E-state index in [1.165, 1.54) is 51.3 Å². The zero-order valence-corrected chi connectivity index (χ0v) is 32.8. The van der Waals surface area contributed by atoms with Crippen LogP contribution in [0.2, 0.25) is 0 Å². The molecule has 11 nitrogen and oxygen atoms in total. The molecular weight excluding hydrogens is 692 g/mol. The van der Waals surface area contributed by atoms with E-state index in [9.17, 15) is 21.2 Å². The fourth-order valence-electron chi connectivity index (χ4n) is 7.94. The van der Waals surface area contributed by atoms with E-state index in [1.54, 1.807) is 31.1 Å². The quantitative estimate of drug-likeness (QED) is 0.355. The SMILES string of the molecule is COc1cc(F)ccc1N1CCN(S(=O)(=O)N2CCCN(CC3CCCCC3)CCCN(S(=O)(=O)c3ccc(N(C)C)cc3)C[C@H](C)C2)C[C@H]1C. The van der Waals surface area contributed by atoms with Crippen molar-refractivity contribution in [2.45, 2.75) is 69.7 Å². The Morgan fingerprint density at radius 2 is 1.39 bits per heavy atom. The second-order valence-corrected chi connectivity index (χ2v) is 18.8. The minimum Gasteiger partial charge on any atom is -0.494 e. The molecular formula is C37H59FN6O5S2. The maximum atomic E-state index is 14.5. The molecule has 2 atom stereocenters. The summed E-state index contributed by atoms with van der Waals surface area (Å²) in [6, 6.07) is 11.2. The highest BCUT2D eigenvalue weighted by molar-refractivity contribution is 7.89. The van der Waals surface area contributed by atoms with Gasteiger partial charge in [0.1, 0.15) is 11.6 Å². The Kier molecular flexibility index (Phi) is 13.7. The van der Waals surface area contributed by atoms with Crippen molar-refractivity contribution < 1.29 is 26.0 Å². The van der Waals surface area contributed by atoms with Gasteiger partial charge in [-0.2, -0.15) is 21.3 Å². The van der Waals surface area contributed by atoms with Crippen LogP contribution < -0.4 is 14.5 Å². The predicted molar refractivity (Wildman–Crippen MR) is 203 cm³/mol. The zero-order valence-electron chi connectivity index (χ0n) is 31.2. The largest absolute Gasteiger partial charge is 0.494 e. The van der Waals surface area contributed by atoms with E-state index in [4.69, 9.17) is 4.74 Å². The van der Waals surface area contributed by atoms with Crippen LogP contribution in [0.25, 0.3) is 0 Å². The molecule has 2 heterocycles. The van der Waals surface area contributed by atoms with E-state index in [2.05, 4.69) is 9.80 Å². The number of piperazine rings is 1. The Balaban J connectivity index is 1.36. The maximum Gasteiger partial charge on any atom is 0.282 e. The molecule has 2 aromatic carbocycles. The molecule has 0 bridgehead atoms. The van der Waals surface area contributed by atoms with Crippen LogP contribution >= 0.6 is 0 Å². The Bertz CT molecular complexity index is 1640. The summed E-state index contributed by atoms with van der Waals surface area (Å²) in [6.45, 7) is 8.59. The van der Waals surface area contributed by atoms with E-state index in [0.29, 0.717) is 37.7 Å². The van der Waals surface area contributed by atoms with Gasteiger partial charge >= 0.3 is 0 Å². The third kappa shape index (κ3) is 9.94. The molecule has 2 saturated heterocycles. The van der Waals surface area contributed by atoms with Crippen molar-refractivity contribution in [3.8, 4) is 5.75 Å². The van der Waals surface area contributed by atoms with Crippen molar-refractivity contribution in [1.82, 2.24) is 17.8 Å². The predicted octanol–water partition coefficient (Wildman–Crippen LogP) is 4.96. The second kappa shape index (κ2) is 17.6. The van der Waals surface area contributed by atoms with Gasteiger partial charge in [-0.15, -0.1) is 0 Å². The number of hydrogen-bond donors (Lipinski definition) is 0. The molecule has 0 N–H and O–H groups in total. The number of nitrogens with zero attached hydrogens (tertiary/aromatic N) is 6. The van der Waals surface area contributed by atoms with Gasteiger partial charge in [0, 0.05) is 84.2 Å². The number of benzene rings is 2. The lowest BCUT2D eigenvalue weighted by atomic mass is 9.89. The Morgan fingerprint density at radius 1 is 0.765 bits per heavy atom. The first-order valence-electron chi connectivity index (χ1n) is 18.6. The first-order valence-corrected chi connectivity index (χ1v) is 21.5. The number of ether oxygens (including phenoxy) is 1. The highest BCUT2D eigenvalue weighted by Crippen LogP contribution is 2.33. The van der Waals surface area contributed by atoms with E-state index < -0.39 is 20.2 Å². The van der Waals surface area contributed by atoms with Crippen LogP contribution in [-0.4, -0.2) is 127 Å². The van der Waals surface area contributed by atoms with Crippen LogP contribution in [0.4, 0.5) is 15.8 Å². The first-order chi connectivity index (χ1) is 24.3. The maximum absolute atomic E-state index is 14.5. The summed E-state index contributed by atoms with van der Waals surface area (Å²) >= 11 is 0. The molecule has 0 unspecified atom stereocenters. The van der Waals surface area contributed by atoms with Crippen LogP contribution in [0.3, 0.4) is 0 Å². The van der Waals surface area contributed by atoms with Crippen molar-refractivity contribution in [3.05, 3.63) is 48.3 Å². The molecule has 0 radical (unpaired) electrons. The lowest BCUT2D eigenvalue weighted by Crippen LogP contribution is -2.57. The zero-order chi connectivity index (χ0) is 36.8. The third-order valence-corrected chi connectivity index (χ3v) is 14.6.